The van der Waals surface area contributed by atoms with Crippen molar-refractivity contribution in [3.63, 3.8) is 0 Å². The maximum Gasteiger partial charge on any atom is 0.322 e. The third-order valence-corrected chi connectivity index (χ3v) is 5.51. The van der Waals surface area contributed by atoms with Crippen LogP contribution in [0.2, 0.25) is 0 Å². The van der Waals surface area contributed by atoms with Crippen LogP contribution in [0, 0.1) is 11.8 Å². The number of aromatic nitrogens is 1. The van der Waals surface area contributed by atoms with Crippen molar-refractivity contribution in [3.8, 4) is 5.75 Å². The number of amides is 2. The second kappa shape index (κ2) is 6.96. The lowest BCUT2D eigenvalue weighted by atomic mass is 9.89. The Labute approximate surface area is 152 Å². The van der Waals surface area contributed by atoms with Gasteiger partial charge < -0.3 is 20.1 Å². The van der Waals surface area contributed by atoms with Gasteiger partial charge in [0, 0.05) is 12.7 Å². The van der Waals surface area contributed by atoms with Gasteiger partial charge in [0.25, 0.3) is 0 Å². The Morgan fingerprint density at radius 3 is 2.96 bits per heavy atom. The minimum absolute atomic E-state index is 0.0658. The first-order valence-electron chi connectivity index (χ1n) is 8.95. The quantitative estimate of drug-likeness (QED) is 0.889. The van der Waals surface area contributed by atoms with Gasteiger partial charge in [-0.2, -0.15) is 0 Å². The number of urea groups is 1. The molecular weight excluding hydrogens is 330 g/mol. The summed E-state index contributed by atoms with van der Waals surface area (Å²) >= 11 is 0. The number of fused-ring (bicyclic) bond motifs is 1. The SMILES string of the molecule is COc1cccc(C2C3CC(O)CC3CN2C(=O)Nc2cccnc2)c1. The summed E-state index contributed by atoms with van der Waals surface area (Å²) in [6.45, 7) is 0.649. The van der Waals surface area contributed by atoms with E-state index in [-0.39, 0.29) is 24.1 Å². The Kier molecular flexibility index (Phi) is 4.51. The molecule has 2 N–H and O–H groups in total. The second-order valence-electron chi connectivity index (χ2n) is 7.09. The standard InChI is InChI=1S/C20H23N3O3/c1-26-17-6-2-4-13(9-17)19-18-10-16(24)8-14(18)12-23(19)20(25)22-15-5-3-7-21-11-15/h2-7,9,11,14,16,18-19,24H,8,10,12H2,1H3,(H,22,25). The topological polar surface area (TPSA) is 74.7 Å². The van der Waals surface area contributed by atoms with Crippen LogP contribution in [0.5, 0.6) is 5.75 Å². The van der Waals surface area contributed by atoms with Gasteiger partial charge >= 0.3 is 6.03 Å². The zero-order chi connectivity index (χ0) is 18.1. The molecule has 1 aliphatic carbocycles. The van der Waals surface area contributed by atoms with E-state index in [9.17, 15) is 9.90 Å². The fraction of sp³-hybridized carbons (Fsp3) is 0.400. The van der Waals surface area contributed by atoms with Crippen LogP contribution >= 0.6 is 0 Å². The van der Waals surface area contributed by atoms with E-state index in [0.717, 1.165) is 24.2 Å². The van der Waals surface area contributed by atoms with Crippen LogP contribution in [0.1, 0.15) is 24.4 Å². The number of likely N-dealkylation sites (tertiary alicyclic amines) is 1. The molecule has 6 heteroatoms. The minimum atomic E-state index is -0.276. The first-order chi connectivity index (χ1) is 12.7. The van der Waals surface area contributed by atoms with Crippen LogP contribution in [-0.2, 0) is 0 Å². The van der Waals surface area contributed by atoms with Crippen LogP contribution in [-0.4, -0.2) is 40.8 Å². The Morgan fingerprint density at radius 1 is 1.31 bits per heavy atom. The molecular formula is C20H23N3O3. The average Bonchev–Trinajstić information content (AvgIpc) is 3.18. The van der Waals surface area contributed by atoms with E-state index in [1.807, 2.05) is 35.2 Å². The number of rotatable bonds is 3. The molecule has 2 aromatic rings. The molecule has 1 saturated carbocycles. The van der Waals surface area contributed by atoms with E-state index in [0.29, 0.717) is 18.2 Å². The summed E-state index contributed by atoms with van der Waals surface area (Å²) in [5.74, 6) is 1.36. The second-order valence-corrected chi connectivity index (χ2v) is 7.09. The van der Waals surface area contributed by atoms with Gasteiger partial charge in [0.15, 0.2) is 0 Å². The number of aliphatic hydroxyl groups excluding tert-OH is 1. The first kappa shape index (κ1) is 16.8. The molecule has 2 amide bonds. The van der Waals surface area contributed by atoms with Gasteiger partial charge in [-0.15, -0.1) is 0 Å². The molecule has 0 radical (unpaired) electrons. The summed E-state index contributed by atoms with van der Waals surface area (Å²) in [6, 6.07) is 11.3. The zero-order valence-electron chi connectivity index (χ0n) is 14.7. The lowest BCUT2D eigenvalue weighted by Crippen LogP contribution is -2.36. The van der Waals surface area contributed by atoms with Gasteiger partial charge in [-0.3, -0.25) is 4.98 Å². The highest BCUT2D eigenvalue weighted by molar-refractivity contribution is 5.89. The van der Waals surface area contributed by atoms with Gasteiger partial charge in [0.2, 0.25) is 0 Å². The highest BCUT2D eigenvalue weighted by Crippen LogP contribution is 2.50. The lowest BCUT2D eigenvalue weighted by Gasteiger charge is -2.29. The number of benzene rings is 1. The van der Waals surface area contributed by atoms with Crippen molar-refractivity contribution in [1.82, 2.24) is 9.88 Å². The third kappa shape index (κ3) is 3.12. The Morgan fingerprint density at radius 2 is 2.19 bits per heavy atom. The largest absolute Gasteiger partial charge is 0.497 e. The number of carbonyl (C=O) groups is 1. The van der Waals surface area contributed by atoms with Crippen molar-refractivity contribution >= 4 is 11.7 Å². The fourth-order valence-corrected chi connectivity index (χ4v) is 4.41. The maximum absolute atomic E-state index is 13.0. The molecule has 1 saturated heterocycles. The molecule has 4 unspecified atom stereocenters. The summed E-state index contributed by atoms with van der Waals surface area (Å²) in [5, 5.41) is 13.1. The van der Waals surface area contributed by atoms with Crippen molar-refractivity contribution in [2.24, 2.45) is 11.8 Å². The molecule has 136 valence electrons. The molecule has 1 aromatic carbocycles. The summed E-state index contributed by atoms with van der Waals surface area (Å²) in [4.78, 5) is 18.9. The third-order valence-electron chi connectivity index (χ3n) is 5.51. The molecule has 6 nitrogen and oxygen atoms in total. The number of nitrogens with zero attached hydrogens (tertiary/aromatic N) is 2. The molecule has 0 spiro atoms. The maximum atomic E-state index is 13.0. The van der Waals surface area contributed by atoms with Gasteiger partial charge in [-0.05, 0) is 54.5 Å². The Bertz CT molecular complexity index is 783. The Hall–Kier alpha value is -2.60. The molecule has 1 aromatic heterocycles. The smallest absolute Gasteiger partial charge is 0.322 e. The van der Waals surface area contributed by atoms with E-state index in [1.54, 1.807) is 25.6 Å². The van der Waals surface area contributed by atoms with Gasteiger partial charge in [0.05, 0.1) is 31.1 Å². The molecule has 2 fully saturated rings. The van der Waals surface area contributed by atoms with Gasteiger partial charge in [-0.1, -0.05) is 12.1 Å². The predicted molar refractivity (Wildman–Crippen MR) is 97.9 cm³/mol. The number of carbonyl (C=O) groups excluding carboxylic acids is 1. The number of pyridine rings is 1. The van der Waals surface area contributed by atoms with Crippen LogP contribution in [0.3, 0.4) is 0 Å². The lowest BCUT2D eigenvalue weighted by molar-refractivity contribution is 0.150. The normalized spacial score (nSPS) is 27.2. The molecule has 4 atom stereocenters. The van der Waals surface area contributed by atoms with Crippen LogP contribution < -0.4 is 10.1 Å². The number of ether oxygens (including phenoxy) is 1. The first-order valence-corrected chi connectivity index (χ1v) is 8.95. The number of nitrogens with one attached hydrogen (secondary N) is 1. The molecule has 26 heavy (non-hydrogen) atoms. The molecule has 0 bridgehead atoms. The predicted octanol–water partition coefficient (Wildman–Crippen LogP) is 3.07. The summed E-state index contributed by atoms with van der Waals surface area (Å²) in [5.41, 5.74) is 1.73. The van der Waals surface area contributed by atoms with E-state index in [4.69, 9.17) is 4.74 Å². The number of anilines is 1. The molecule has 1 aliphatic heterocycles. The summed E-state index contributed by atoms with van der Waals surface area (Å²) in [7, 11) is 1.64. The summed E-state index contributed by atoms with van der Waals surface area (Å²) < 4.78 is 5.36. The number of hydrogen-bond acceptors (Lipinski definition) is 4. The van der Waals surface area contributed by atoms with Crippen LogP contribution in [0.25, 0.3) is 0 Å². The van der Waals surface area contributed by atoms with Crippen LogP contribution in [0.15, 0.2) is 48.8 Å². The number of hydrogen-bond donors (Lipinski definition) is 2. The van der Waals surface area contributed by atoms with Crippen molar-refractivity contribution in [2.75, 3.05) is 19.0 Å². The summed E-state index contributed by atoms with van der Waals surface area (Å²) in [6.07, 6.45) is 4.52. The van der Waals surface area contributed by atoms with Gasteiger partial charge in [-0.25, -0.2) is 4.79 Å². The molecule has 2 heterocycles. The zero-order valence-corrected chi connectivity index (χ0v) is 14.7. The van der Waals surface area contributed by atoms with Crippen molar-refractivity contribution in [3.05, 3.63) is 54.4 Å². The van der Waals surface area contributed by atoms with Gasteiger partial charge in [0.1, 0.15) is 5.75 Å². The van der Waals surface area contributed by atoms with Crippen molar-refractivity contribution in [1.29, 1.82) is 0 Å². The van der Waals surface area contributed by atoms with E-state index >= 15 is 0 Å². The molecule has 2 aliphatic rings. The van der Waals surface area contributed by atoms with E-state index in [2.05, 4.69) is 10.3 Å². The highest BCUT2D eigenvalue weighted by Gasteiger charge is 2.49. The highest BCUT2D eigenvalue weighted by atomic mass is 16.5. The average molecular weight is 353 g/mol. The fourth-order valence-electron chi connectivity index (χ4n) is 4.41. The van der Waals surface area contributed by atoms with E-state index < -0.39 is 0 Å². The number of methoxy groups -OCH3 is 1. The van der Waals surface area contributed by atoms with Crippen molar-refractivity contribution < 1.29 is 14.6 Å². The van der Waals surface area contributed by atoms with Crippen LogP contribution in [0.4, 0.5) is 10.5 Å². The van der Waals surface area contributed by atoms with Crippen molar-refractivity contribution in [2.45, 2.75) is 25.0 Å². The Balaban J connectivity index is 1.63. The molecule has 4 rings (SSSR count). The monoisotopic (exact) mass is 353 g/mol. The minimum Gasteiger partial charge on any atom is -0.497 e. The van der Waals surface area contributed by atoms with E-state index in [1.165, 1.54) is 0 Å². The number of aliphatic hydroxyl groups is 1.